The average Bonchev–Trinajstić information content (AvgIpc) is 2.22. The van der Waals surface area contributed by atoms with Gasteiger partial charge >= 0.3 is 0 Å². The van der Waals surface area contributed by atoms with Crippen molar-refractivity contribution in [2.45, 2.75) is 25.7 Å². The molecule has 16 heavy (non-hydrogen) atoms. The molecule has 0 saturated heterocycles. The summed E-state index contributed by atoms with van der Waals surface area (Å²) < 4.78 is 0.864. The van der Waals surface area contributed by atoms with Gasteiger partial charge in [-0.25, -0.2) is 0 Å². The molecule has 0 amide bonds. The molecule has 1 N–H and O–H groups in total. The summed E-state index contributed by atoms with van der Waals surface area (Å²) in [4.78, 5) is 0. The van der Waals surface area contributed by atoms with E-state index >= 15 is 0 Å². The number of hydrogen-bond acceptors (Lipinski definition) is 2. The largest absolute Gasteiger partial charge is 0.385 e. The molecule has 2 nitrogen and oxygen atoms in total. The van der Waals surface area contributed by atoms with Crippen molar-refractivity contribution in [3.63, 3.8) is 0 Å². The van der Waals surface area contributed by atoms with Crippen molar-refractivity contribution < 1.29 is 0 Å². The molecule has 0 aromatic heterocycles. The van der Waals surface area contributed by atoms with Crippen LogP contribution in [0.2, 0.25) is 0 Å². The van der Waals surface area contributed by atoms with Crippen LogP contribution in [0.1, 0.15) is 31.2 Å². The first-order chi connectivity index (χ1) is 7.79. The van der Waals surface area contributed by atoms with Gasteiger partial charge in [0, 0.05) is 16.7 Å². The van der Waals surface area contributed by atoms with Crippen LogP contribution in [0.15, 0.2) is 22.7 Å². The number of anilines is 1. The Hall–Kier alpha value is -1.01. The van der Waals surface area contributed by atoms with E-state index in [9.17, 15) is 0 Å². The molecule has 2 rings (SSSR count). The molecule has 84 valence electrons. The molecule has 0 atom stereocenters. The van der Waals surface area contributed by atoms with Crippen molar-refractivity contribution in [3.05, 3.63) is 28.2 Å². The fourth-order valence-corrected chi connectivity index (χ4v) is 2.39. The molecule has 0 bridgehead atoms. The molecule has 0 unspecified atom stereocenters. The zero-order valence-corrected chi connectivity index (χ0v) is 10.8. The monoisotopic (exact) mass is 278 g/mol. The van der Waals surface area contributed by atoms with Gasteiger partial charge in [0.05, 0.1) is 5.56 Å². The molecular formula is C13H15BrN2. The van der Waals surface area contributed by atoms with Crippen LogP contribution in [-0.4, -0.2) is 6.54 Å². The first-order valence-electron chi connectivity index (χ1n) is 5.73. The lowest BCUT2D eigenvalue weighted by Gasteiger charge is -2.25. The minimum Gasteiger partial charge on any atom is -0.385 e. The molecule has 1 aromatic rings. The number of hydrogen-bond donors (Lipinski definition) is 1. The number of nitriles is 1. The Morgan fingerprint density at radius 3 is 2.81 bits per heavy atom. The van der Waals surface area contributed by atoms with Gasteiger partial charge < -0.3 is 5.32 Å². The summed E-state index contributed by atoms with van der Waals surface area (Å²) >= 11 is 3.39. The highest BCUT2D eigenvalue weighted by molar-refractivity contribution is 9.10. The number of halogens is 1. The van der Waals surface area contributed by atoms with Crippen molar-refractivity contribution in [1.82, 2.24) is 0 Å². The van der Waals surface area contributed by atoms with E-state index in [0.717, 1.165) is 22.6 Å². The lowest BCUT2D eigenvalue weighted by molar-refractivity contribution is 0.303. The third kappa shape index (κ3) is 2.76. The summed E-state index contributed by atoms with van der Waals surface area (Å²) in [5.74, 6) is 0.939. The summed E-state index contributed by atoms with van der Waals surface area (Å²) in [5, 5.41) is 12.2. The van der Waals surface area contributed by atoms with Crippen LogP contribution in [0.25, 0.3) is 0 Å². The van der Waals surface area contributed by atoms with Crippen LogP contribution < -0.4 is 5.32 Å². The highest BCUT2D eigenvalue weighted by atomic mass is 79.9. The van der Waals surface area contributed by atoms with Gasteiger partial charge in [-0.05, 0) is 46.5 Å². The molecule has 1 fully saturated rings. The molecule has 1 saturated carbocycles. The summed E-state index contributed by atoms with van der Waals surface area (Å²) in [6.07, 6.45) is 5.47. The van der Waals surface area contributed by atoms with E-state index in [1.54, 1.807) is 0 Å². The molecule has 3 heteroatoms. The van der Waals surface area contributed by atoms with E-state index in [2.05, 4.69) is 27.3 Å². The van der Waals surface area contributed by atoms with Crippen molar-refractivity contribution >= 4 is 21.6 Å². The first kappa shape index (κ1) is 11.5. The predicted octanol–water partition coefficient (Wildman–Crippen LogP) is 3.92. The van der Waals surface area contributed by atoms with Crippen LogP contribution in [0.5, 0.6) is 0 Å². The maximum atomic E-state index is 8.80. The number of nitrogens with zero attached hydrogens (tertiary/aromatic N) is 1. The van der Waals surface area contributed by atoms with Gasteiger partial charge in [-0.2, -0.15) is 5.26 Å². The van der Waals surface area contributed by atoms with E-state index < -0.39 is 0 Å². The summed E-state index contributed by atoms with van der Waals surface area (Å²) in [6.45, 7) is 1.03. The Balaban J connectivity index is 1.84. The van der Waals surface area contributed by atoms with E-state index in [0.29, 0.717) is 5.56 Å². The summed E-state index contributed by atoms with van der Waals surface area (Å²) in [6, 6.07) is 7.92. The Kier molecular flexibility index (Phi) is 3.84. The fraction of sp³-hybridized carbons (Fsp3) is 0.462. The van der Waals surface area contributed by atoms with Crippen molar-refractivity contribution in [1.29, 1.82) is 5.26 Å². The summed E-state index contributed by atoms with van der Waals surface area (Å²) in [7, 11) is 0. The van der Waals surface area contributed by atoms with Gasteiger partial charge in [0.2, 0.25) is 0 Å². The normalized spacial score (nSPS) is 15.2. The van der Waals surface area contributed by atoms with Crippen LogP contribution in [0.3, 0.4) is 0 Å². The smallest absolute Gasteiger partial charge is 0.100 e. The third-order valence-corrected chi connectivity index (χ3v) is 3.85. The van der Waals surface area contributed by atoms with Crippen LogP contribution in [0, 0.1) is 17.2 Å². The van der Waals surface area contributed by atoms with E-state index in [1.165, 1.54) is 25.7 Å². The average molecular weight is 279 g/mol. The van der Waals surface area contributed by atoms with Crippen LogP contribution in [-0.2, 0) is 0 Å². The quantitative estimate of drug-likeness (QED) is 0.906. The Labute approximate surface area is 105 Å². The van der Waals surface area contributed by atoms with E-state index in [-0.39, 0.29) is 0 Å². The van der Waals surface area contributed by atoms with Crippen molar-refractivity contribution in [3.8, 4) is 6.07 Å². The summed E-state index contributed by atoms with van der Waals surface area (Å²) in [5.41, 5.74) is 1.77. The van der Waals surface area contributed by atoms with Crippen molar-refractivity contribution in [2.75, 3.05) is 11.9 Å². The number of rotatable bonds is 4. The second kappa shape index (κ2) is 5.36. The lowest BCUT2D eigenvalue weighted by Crippen LogP contribution is -2.15. The molecule has 1 aliphatic rings. The molecular weight excluding hydrogens is 264 g/mol. The maximum Gasteiger partial charge on any atom is 0.100 e. The SMILES string of the molecule is N#Cc1ccc(NCCC2CCC2)cc1Br. The van der Waals surface area contributed by atoms with Gasteiger partial charge in [-0.3, -0.25) is 0 Å². The standard InChI is InChI=1S/C13H15BrN2/c14-13-8-12(5-4-11(13)9-15)16-7-6-10-2-1-3-10/h4-5,8,10,16H,1-3,6-7H2. The first-order valence-corrected chi connectivity index (χ1v) is 6.52. The zero-order valence-electron chi connectivity index (χ0n) is 9.17. The number of nitrogens with one attached hydrogen (secondary N) is 1. The van der Waals surface area contributed by atoms with Gasteiger partial charge in [-0.15, -0.1) is 0 Å². The Bertz CT molecular complexity index is 405. The Morgan fingerprint density at radius 1 is 1.44 bits per heavy atom. The van der Waals surface area contributed by atoms with Crippen LogP contribution >= 0.6 is 15.9 Å². The second-order valence-electron chi connectivity index (χ2n) is 4.32. The molecule has 0 spiro atoms. The van der Waals surface area contributed by atoms with Gasteiger partial charge in [-0.1, -0.05) is 19.3 Å². The Morgan fingerprint density at radius 2 is 2.25 bits per heavy atom. The third-order valence-electron chi connectivity index (χ3n) is 3.20. The highest BCUT2D eigenvalue weighted by Gasteiger charge is 2.16. The van der Waals surface area contributed by atoms with Gasteiger partial charge in [0.25, 0.3) is 0 Å². The van der Waals surface area contributed by atoms with E-state index in [1.807, 2.05) is 18.2 Å². The minimum atomic E-state index is 0.685. The second-order valence-corrected chi connectivity index (χ2v) is 5.17. The molecule has 1 aromatic carbocycles. The van der Waals surface area contributed by atoms with Crippen LogP contribution in [0.4, 0.5) is 5.69 Å². The van der Waals surface area contributed by atoms with E-state index in [4.69, 9.17) is 5.26 Å². The van der Waals surface area contributed by atoms with Gasteiger partial charge in [0.15, 0.2) is 0 Å². The molecule has 0 aliphatic heterocycles. The lowest BCUT2D eigenvalue weighted by atomic mass is 9.83. The van der Waals surface area contributed by atoms with Gasteiger partial charge in [0.1, 0.15) is 6.07 Å². The molecule has 0 heterocycles. The topological polar surface area (TPSA) is 35.8 Å². The molecule has 0 radical (unpaired) electrons. The minimum absolute atomic E-state index is 0.685. The highest BCUT2D eigenvalue weighted by Crippen LogP contribution is 2.29. The van der Waals surface area contributed by atoms with Crippen molar-refractivity contribution in [2.24, 2.45) is 5.92 Å². The zero-order chi connectivity index (χ0) is 11.4. The fourth-order valence-electron chi connectivity index (χ4n) is 1.92. The predicted molar refractivity (Wildman–Crippen MR) is 69.3 cm³/mol. The molecule has 1 aliphatic carbocycles. The maximum absolute atomic E-state index is 8.80. The number of benzene rings is 1.